The highest BCUT2D eigenvalue weighted by atomic mass is 16.3. The Morgan fingerprint density at radius 1 is 0.871 bits per heavy atom. The second-order valence-corrected chi connectivity index (χ2v) is 7.24. The van der Waals surface area contributed by atoms with Crippen LogP contribution in [0.25, 0.3) is 10.9 Å². The molecule has 0 aliphatic rings. The second-order valence-electron chi connectivity index (χ2n) is 7.24. The minimum Gasteiger partial charge on any atom is -0.507 e. The lowest BCUT2D eigenvalue weighted by atomic mass is 10.0. The quantitative estimate of drug-likeness (QED) is 0.308. The molecule has 3 aromatic carbocycles. The number of fused-ring (bicyclic) bond motifs is 1. The second kappa shape index (κ2) is 8.62. The third-order valence-corrected chi connectivity index (χ3v) is 4.98. The summed E-state index contributed by atoms with van der Waals surface area (Å²) in [6.45, 7) is 0. The van der Waals surface area contributed by atoms with Crippen molar-refractivity contribution in [3.8, 4) is 5.75 Å². The maximum Gasteiger partial charge on any atom is 0.228 e. The predicted octanol–water partition coefficient (Wildman–Crippen LogP) is 3.82. The number of phenols is 1. The fraction of sp³-hybridized carbons (Fsp3) is 0.0833. The number of aromatic amines is 1. The van der Waals surface area contributed by atoms with Gasteiger partial charge in [0, 0.05) is 28.5 Å². The minimum absolute atomic E-state index is 0.0182. The normalized spacial score (nSPS) is 10.7. The van der Waals surface area contributed by atoms with Crippen LogP contribution in [0.5, 0.6) is 5.75 Å². The van der Waals surface area contributed by atoms with E-state index in [4.69, 9.17) is 5.73 Å². The van der Waals surface area contributed by atoms with Gasteiger partial charge in [-0.1, -0.05) is 36.4 Å². The number of nitrogens with one attached hydrogen (secondary N) is 3. The summed E-state index contributed by atoms with van der Waals surface area (Å²) in [7, 11) is 0. The van der Waals surface area contributed by atoms with Gasteiger partial charge in [-0.2, -0.15) is 0 Å². The Morgan fingerprint density at radius 3 is 2.32 bits per heavy atom. The summed E-state index contributed by atoms with van der Waals surface area (Å²) in [5.74, 6) is -0.637. The highest BCUT2D eigenvalue weighted by Gasteiger charge is 2.14. The lowest BCUT2D eigenvalue weighted by Crippen LogP contribution is -2.17. The average Bonchev–Trinajstić information content (AvgIpc) is 3.20. The molecule has 0 aliphatic carbocycles. The van der Waals surface area contributed by atoms with Gasteiger partial charge >= 0.3 is 0 Å². The number of phenolic OH excluding ortho intramolecular Hbond substituents is 1. The van der Waals surface area contributed by atoms with E-state index >= 15 is 0 Å². The lowest BCUT2D eigenvalue weighted by molar-refractivity contribution is -0.116. The van der Waals surface area contributed by atoms with Crippen molar-refractivity contribution in [3.63, 3.8) is 0 Å². The van der Waals surface area contributed by atoms with Crippen LogP contribution >= 0.6 is 0 Å². The van der Waals surface area contributed by atoms with E-state index in [2.05, 4.69) is 15.6 Å². The Bertz CT molecular complexity index is 1260. The molecule has 156 valence electrons. The summed E-state index contributed by atoms with van der Waals surface area (Å²) < 4.78 is 0. The summed E-state index contributed by atoms with van der Waals surface area (Å²) >= 11 is 0. The molecule has 4 aromatic rings. The molecular formula is C24H22N4O3. The van der Waals surface area contributed by atoms with E-state index < -0.39 is 0 Å². The standard InChI is InChI=1S/C24H22N4O3/c25-19-6-1-2-7-20(19)28-23(30)13-17-5-3-4-16(24(17)31)12-22(29)27-18-9-8-15-10-11-26-21(15)14-18/h1-11,14,26,31H,12-13,25H2,(H,27,29)(H,28,30). The van der Waals surface area contributed by atoms with Crippen molar-refractivity contribution in [1.82, 2.24) is 4.98 Å². The number of hydrogen-bond acceptors (Lipinski definition) is 4. The van der Waals surface area contributed by atoms with E-state index in [-0.39, 0.29) is 30.4 Å². The zero-order valence-electron chi connectivity index (χ0n) is 16.7. The van der Waals surface area contributed by atoms with E-state index in [0.29, 0.717) is 28.2 Å². The minimum atomic E-state index is -0.311. The lowest BCUT2D eigenvalue weighted by Gasteiger charge is -2.11. The van der Waals surface area contributed by atoms with Crippen molar-refractivity contribution in [2.45, 2.75) is 12.8 Å². The van der Waals surface area contributed by atoms with Crippen molar-refractivity contribution in [1.29, 1.82) is 0 Å². The van der Waals surface area contributed by atoms with E-state index in [1.54, 1.807) is 42.5 Å². The molecule has 0 unspecified atom stereocenters. The number of carbonyl (C=O) groups is 2. The molecule has 31 heavy (non-hydrogen) atoms. The number of amides is 2. The van der Waals surface area contributed by atoms with Gasteiger partial charge in [-0.15, -0.1) is 0 Å². The molecule has 0 fully saturated rings. The molecule has 1 aromatic heterocycles. The fourth-order valence-corrected chi connectivity index (χ4v) is 3.41. The van der Waals surface area contributed by atoms with Crippen molar-refractivity contribution < 1.29 is 14.7 Å². The van der Waals surface area contributed by atoms with Crippen molar-refractivity contribution in [2.24, 2.45) is 0 Å². The number of aromatic hydroxyl groups is 1. The summed E-state index contributed by atoms with van der Waals surface area (Å²) in [4.78, 5) is 28.0. The molecule has 4 rings (SSSR count). The summed E-state index contributed by atoms with van der Waals surface area (Å²) in [5, 5.41) is 17.2. The van der Waals surface area contributed by atoms with Crippen LogP contribution in [-0.2, 0) is 22.4 Å². The predicted molar refractivity (Wildman–Crippen MR) is 122 cm³/mol. The largest absolute Gasteiger partial charge is 0.507 e. The van der Waals surface area contributed by atoms with Gasteiger partial charge in [0.2, 0.25) is 11.8 Å². The molecule has 0 aliphatic heterocycles. The van der Waals surface area contributed by atoms with Crippen LogP contribution in [0, 0.1) is 0 Å². The molecule has 0 saturated heterocycles. The van der Waals surface area contributed by atoms with Crippen LogP contribution in [-0.4, -0.2) is 21.9 Å². The highest BCUT2D eigenvalue weighted by molar-refractivity contribution is 5.96. The van der Waals surface area contributed by atoms with Crippen molar-refractivity contribution in [2.75, 3.05) is 16.4 Å². The Kier molecular flexibility index (Phi) is 5.57. The Balaban J connectivity index is 1.42. The highest BCUT2D eigenvalue weighted by Crippen LogP contribution is 2.25. The van der Waals surface area contributed by atoms with Crippen molar-refractivity contribution >= 4 is 39.8 Å². The van der Waals surface area contributed by atoms with E-state index in [1.807, 2.05) is 30.5 Å². The van der Waals surface area contributed by atoms with E-state index in [0.717, 1.165) is 10.9 Å². The molecule has 0 spiro atoms. The molecule has 7 nitrogen and oxygen atoms in total. The maximum atomic E-state index is 12.5. The molecule has 0 radical (unpaired) electrons. The third kappa shape index (κ3) is 4.67. The van der Waals surface area contributed by atoms with E-state index in [9.17, 15) is 14.7 Å². The molecule has 7 heteroatoms. The molecule has 0 saturated carbocycles. The van der Waals surface area contributed by atoms with Crippen LogP contribution in [0.2, 0.25) is 0 Å². The third-order valence-electron chi connectivity index (χ3n) is 4.98. The van der Waals surface area contributed by atoms with Crippen molar-refractivity contribution in [3.05, 3.63) is 84.1 Å². The summed E-state index contributed by atoms with van der Waals surface area (Å²) in [6.07, 6.45) is 1.77. The number of rotatable bonds is 6. The smallest absolute Gasteiger partial charge is 0.228 e. The number of nitrogen functional groups attached to an aromatic ring is 1. The number of anilines is 3. The Labute approximate surface area is 178 Å². The van der Waals surface area contributed by atoms with Crippen LogP contribution < -0.4 is 16.4 Å². The molecule has 1 heterocycles. The topological polar surface area (TPSA) is 120 Å². The summed E-state index contributed by atoms with van der Waals surface area (Å²) in [6, 6.07) is 19.5. The van der Waals surface area contributed by atoms with E-state index in [1.165, 1.54) is 0 Å². The number of aromatic nitrogens is 1. The number of nitrogens with two attached hydrogens (primary N) is 1. The first-order valence-electron chi connectivity index (χ1n) is 9.80. The first-order chi connectivity index (χ1) is 15.0. The molecular weight excluding hydrogens is 392 g/mol. The fourth-order valence-electron chi connectivity index (χ4n) is 3.41. The van der Waals surface area contributed by atoms with Gasteiger partial charge in [-0.05, 0) is 35.7 Å². The first-order valence-corrected chi connectivity index (χ1v) is 9.80. The average molecular weight is 414 g/mol. The number of H-pyrrole nitrogens is 1. The Hall–Kier alpha value is -4.26. The summed E-state index contributed by atoms with van der Waals surface area (Å²) in [5.41, 5.74) is 9.29. The van der Waals surface area contributed by atoms with Gasteiger partial charge in [0.05, 0.1) is 24.2 Å². The SMILES string of the molecule is Nc1ccccc1NC(=O)Cc1cccc(CC(=O)Nc2ccc3cc[nH]c3c2)c1O. The monoisotopic (exact) mass is 414 g/mol. The molecule has 0 atom stereocenters. The van der Waals surface area contributed by atoms with Crippen LogP contribution in [0.3, 0.4) is 0 Å². The van der Waals surface area contributed by atoms with Gasteiger partial charge in [0.15, 0.2) is 0 Å². The van der Waals surface area contributed by atoms with Gasteiger partial charge < -0.3 is 26.5 Å². The van der Waals surface area contributed by atoms with Crippen LogP contribution in [0.1, 0.15) is 11.1 Å². The van der Waals surface area contributed by atoms with Crippen LogP contribution in [0.15, 0.2) is 72.9 Å². The molecule has 2 amide bonds. The van der Waals surface area contributed by atoms with Gasteiger partial charge in [0.25, 0.3) is 0 Å². The number of hydrogen-bond donors (Lipinski definition) is 5. The number of para-hydroxylation sites is 3. The zero-order chi connectivity index (χ0) is 21.8. The van der Waals surface area contributed by atoms with Gasteiger partial charge in [0.1, 0.15) is 5.75 Å². The molecule has 6 N–H and O–H groups in total. The number of benzene rings is 3. The zero-order valence-corrected chi connectivity index (χ0v) is 16.7. The number of carbonyl (C=O) groups excluding carboxylic acids is 2. The first kappa shape index (κ1) is 20.0. The van der Waals surface area contributed by atoms with Crippen LogP contribution in [0.4, 0.5) is 17.1 Å². The maximum absolute atomic E-state index is 12.5. The van der Waals surface area contributed by atoms with Gasteiger partial charge in [-0.3, -0.25) is 9.59 Å². The molecule has 0 bridgehead atoms. The van der Waals surface area contributed by atoms with Gasteiger partial charge in [-0.25, -0.2) is 0 Å². The Morgan fingerprint density at radius 2 is 1.58 bits per heavy atom.